The summed E-state index contributed by atoms with van der Waals surface area (Å²) in [6.45, 7) is 1.70. The fourth-order valence-electron chi connectivity index (χ4n) is 3.69. The van der Waals surface area contributed by atoms with Gasteiger partial charge >= 0.3 is 0 Å². The van der Waals surface area contributed by atoms with Gasteiger partial charge in [0.2, 0.25) is 11.8 Å². The van der Waals surface area contributed by atoms with E-state index in [1.807, 2.05) is 52.7 Å². The predicted octanol–water partition coefficient (Wildman–Crippen LogP) is 3.40. The van der Waals surface area contributed by atoms with Gasteiger partial charge in [-0.25, -0.2) is 0 Å². The Hall–Kier alpha value is -3.19. The first-order valence-corrected chi connectivity index (χ1v) is 10.9. The third-order valence-electron chi connectivity index (χ3n) is 5.27. The lowest BCUT2D eigenvalue weighted by Crippen LogP contribution is -2.43. The highest BCUT2D eigenvalue weighted by Gasteiger charge is 2.26. The highest BCUT2D eigenvalue weighted by atomic mass is 32.1. The monoisotopic (exact) mass is 420 g/mol. The molecule has 1 aliphatic heterocycles. The van der Waals surface area contributed by atoms with Crippen LogP contribution in [0.5, 0.6) is 0 Å². The van der Waals surface area contributed by atoms with Gasteiger partial charge in [-0.3, -0.25) is 14.3 Å². The number of carbonyl (C=O) groups is 2. The maximum Gasteiger partial charge on any atom is 0.246 e. The van der Waals surface area contributed by atoms with Gasteiger partial charge in [0.15, 0.2) is 0 Å². The first-order chi connectivity index (χ1) is 14.6. The summed E-state index contributed by atoms with van der Waals surface area (Å²) in [6.07, 6.45) is 6.90. The second kappa shape index (κ2) is 9.09. The summed E-state index contributed by atoms with van der Waals surface area (Å²) in [4.78, 5) is 26.9. The Bertz CT molecular complexity index is 1040. The number of aromatic nitrogens is 2. The topological polar surface area (TPSA) is 81.2 Å². The van der Waals surface area contributed by atoms with Crippen LogP contribution in [-0.4, -0.2) is 39.6 Å². The van der Waals surface area contributed by atoms with Gasteiger partial charge in [-0.2, -0.15) is 5.10 Å². The summed E-state index contributed by atoms with van der Waals surface area (Å²) in [5.41, 5.74) is 8.35. The van der Waals surface area contributed by atoms with Crippen molar-refractivity contribution >= 4 is 29.2 Å². The number of hydrogen-bond acceptors (Lipinski definition) is 4. The average molecular weight is 421 g/mol. The average Bonchev–Trinajstić information content (AvgIpc) is 3.42. The van der Waals surface area contributed by atoms with Gasteiger partial charge in [0.1, 0.15) is 5.69 Å². The van der Waals surface area contributed by atoms with Gasteiger partial charge < -0.3 is 10.6 Å². The molecule has 1 saturated heterocycles. The number of hydrogen-bond donors (Lipinski definition) is 1. The number of carbonyl (C=O) groups excluding carboxylic acids is 2. The van der Waals surface area contributed by atoms with Gasteiger partial charge in [-0.1, -0.05) is 36.4 Å². The standard InChI is InChI=1S/C23H24N4O2S/c24-23(29)19-8-4-12-26(15-19)21(28)11-10-18-16-27(14-17-6-2-1-3-7-17)25-22(18)20-9-5-13-30-20/h1-3,5-7,9-11,13,16,19H,4,8,12,14-15H2,(H2,24,29)/b11-10+. The molecule has 1 atom stereocenters. The van der Waals surface area contributed by atoms with E-state index >= 15 is 0 Å². The van der Waals surface area contributed by atoms with Crippen LogP contribution in [0.25, 0.3) is 16.6 Å². The van der Waals surface area contributed by atoms with Crippen LogP contribution in [0.3, 0.4) is 0 Å². The third-order valence-corrected chi connectivity index (χ3v) is 6.15. The number of nitrogens with two attached hydrogens (primary N) is 1. The smallest absolute Gasteiger partial charge is 0.246 e. The molecule has 0 saturated carbocycles. The number of rotatable bonds is 6. The minimum atomic E-state index is -0.335. The molecule has 2 amide bonds. The molecule has 3 heterocycles. The minimum Gasteiger partial charge on any atom is -0.369 e. The predicted molar refractivity (Wildman–Crippen MR) is 119 cm³/mol. The molecule has 1 aliphatic rings. The molecule has 7 heteroatoms. The molecular formula is C23H24N4O2S. The number of primary amides is 1. The Morgan fingerprint density at radius 1 is 1.20 bits per heavy atom. The lowest BCUT2D eigenvalue weighted by atomic mass is 9.97. The van der Waals surface area contributed by atoms with Gasteiger partial charge in [0.05, 0.1) is 17.3 Å². The number of piperidine rings is 1. The van der Waals surface area contributed by atoms with Crippen molar-refractivity contribution in [1.29, 1.82) is 0 Å². The number of amides is 2. The lowest BCUT2D eigenvalue weighted by molar-refractivity contribution is -0.130. The summed E-state index contributed by atoms with van der Waals surface area (Å²) in [7, 11) is 0. The van der Waals surface area contributed by atoms with Crippen LogP contribution in [0.15, 0.2) is 60.1 Å². The van der Waals surface area contributed by atoms with Crippen molar-refractivity contribution in [3.63, 3.8) is 0 Å². The molecule has 1 aromatic carbocycles. The van der Waals surface area contributed by atoms with Crippen LogP contribution in [0, 0.1) is 5.92 Å². The minimum absolute atomic E-state index is 0.103. The van der Waals surface area contributed by atoms with Crippen molar-refractivity contribution in [2.24, 2.45) is 11.7 Å². The van der Waals surface area contributed by atoms with E-state index in [-0.39, 0.29) is 17.7 Å². The number of nitrogens with zero attached hydrogens (tertiary/aromatic N) is 3. The Morgan fingerprint density at radius 3 is 2.77 bits per heavy atom. The van der Waals surface area contributed by atoms with E-state index in [4.69, 9.17) is 10.8 Å². The third kappa shape index (κ3) is 4.68. The molecule has 3 aromatic rings. The summed E-state index contributed by atoms with van der Waals surface area (Å²) >= 11 is 1.62. The Labute approximate surface area is 179 Å². The molecule has 0 bridgehead atoms. The van der Waals surface area contributed by atoms with Gasteiger partial charge in [0.25, 0.3) is 0 Å². The molecule has 154 valence electrons. The van der Waals surface area contributed by atoms with Crippen LogP contribution in [0.4, 0.5) is 0 Å². The van der Waals surface area contributed by atoms with Crippen LogP contribution in [0.2, 0.25) is 0 Å². The zero-order valence-corrected chi connectivity index (χ0v) is 17.4. The second-order valence-electron chi connectivity index (χ2n) is 7.45. The quantitative estimate of drug-likeness (QED) is 0.621. The normalized spacial score (nSPS) is 16.8. The molecule has 0 spiro atoms. The van der Waals surface area contributed by atoms with Crippen molar-refractivity contribution in [3.05, 3.63) is 71.2 Å². The van der Waals surface area contributed by atoms with E-state index in [0.29, 0.717) is 19.6 Å². The maximum absolute atomic E-state index is 12.7. The van der Waals surface area contributed by atoms with E-state index < -0.39 is 0 Å². The largest absolute Gasteiger partial charge is 0.369 e. The fraction of sp³-hybridized carbons (Fsp3) is 0.261. The van der Waals surface area contributed by atoms with Crippen LogP contribution < -0.4 is 5.73 Å². The molecule has 6 nitrogen and oxygen atoms in total. The number of benzene rings is 1. The summed E-state index contributed by atoms with van der Waals surface area (Å²) in [5, 5.41) is 6.78. The molecule has 4 rings (SSSR count). The summed E-state index contributed by atoms with van der Waals surface area (Å²) < 4.78 is 1.90. The second-order valence-corrected chi connectivity index (χ2v) is 8.40. The highest BCUT2D eigenvalue weighted by molar-refractivity contribution is 7.13. The Kier molecular flexibility index (Phi) is 6.09. The van der Waals surface area contributed by atoms with Gasteiger partial charge in [-0.15, -0.1) is 11.3 Å². The molecule has 0 aliphatic carbocycles. The van der Waals surface area contributed by atoms with E-state index in [1.54, 1.807) is 22.3 Å². The zero-order chi connectivity index (χ0) is 20.9. The SMILES string of the molecule is NC(=O)C1CCCN(C(=O)/C=C/c2cn(Cc3ccccc3)nc2-c2cccs2)C1. The Balaban J connectivity index is 1.55. The Morgan fingerprint density at radius 2 is 2.03 bits per heavy atom. The van der Waals surface area contributed by atoms with Crippen molar-refractivity contribution in [2.75, 3.05) is 13.1 Å². The van der Waals surface area contributed by atoms with E-state index in [0.717, 1.165) is 34.5 Å². The number of thiophene rings is 1. The van der Waals surface area contributed by atoms with Crippen LogP contribution in [-0.2, 0) is 16.1 Å². The molecule has 2 N–H and O–H groups in total. The fourth-order valence-corrected chi connectivity index (χ4v) is 4.42. The molecule has 30 heavy (non-hydrogen) atoms. The van der Waals surface area contributed by atoms with E-state index in [1.165, 1.54) is 0 Å². The zero-order valence-electron chi connectivity index (χ0n) is 16.6. The van der Waals surface area contributed by atoms with Crippen molar-refractivity contribution in [2.45, 2.75) is 19.4 Å². The van der Waals surface area contributed by atoms with Crippen LogP contribution in [0.1, 0.15) is 24.0 Å². The lowest BCUT2D eigenvalue weighted by Gasteiger charge is -2.30. The molecule has 1 unspecified atom stereocenters. The summed E-state index contributed by atoms with van der Waals surface area (Å²) in [5.74, 6) is -0.695. The molecule has 0 radical (unpaired) electrons. The first kappa shape index (κ1) is 20.1. The number of likely N-dealkylation sites (tertiary alicyclic amines) is 1. The van der Waals surface area contributed by atoms with Gasteiger partial charge in [0, 0.05) is 30.9 Å². The van der Waals surface area contributed by atoms with Crippen molar-refractivity contribution in [1.82, 2.24) is 14.7 Å². The van der Waals surface area contributed by atoms with Gasteiger partial charge in [-0.05, 0) is 35.9 Å². The maximum atomic E-state index is 12.7. The molecular weight excluding hydrogens is 396 g/mol. The van der Waals surface area contributed by atoms with Crippen LogP contribution >= 0.6 is 11.3 Å². The first-order valence-electron chi connectivity index (χ1n) is 10.0. The van der Waals surface area contributed by atoms with Crippen molar-refractivity contribution in [3.8, 4) is 10.6 Å². The summed E-state index contributed by atoms with van der Waals surface area (Å²) in [6, 6.07) is 14.2. The molecule has 1 fully saturated rings. The van der Waals surface area contributed by atoms with E-state index in [9.17, 15) is 9.59 Å². The highest BCUT2D eigenvalue weighted by Crippen LogP contribution is 2.28. The molecule has 2 aromatic heterocycles. The van der Waals surface area contributed by atoms with Crippen molar-refractivity contribution < 1.29 is 9.59 Å². The van der Waals surface area contributed by atoms with E-state index in [2.05, 4.69) is 12.1 Å².